The SMILES string of the molecule is COc1ccc(S(=O)(=O)CCC(=O)N(Cc2ccncc2)c2nc3c(OC)cccc3s2)cc1. The molecule has 0 N–H and O–H groups in total. The molecule has 176 valence electrons. The molecule has 8 nitrogen and oxygen atoms in total. The van der Waals surface area contributed by atoms with Crippen LogP contribution in [0.2, 0.25) is 0 Å². The van der Waals surface area contributed by atoms with Crippen LogP contribution in [-0.4, -0.2) is 44.3 Å². The molecular formula is C24H23N3O5S2. The van der Waals surface area contributed by atoms with Crippen LogP contribution in [0.5, 0.6) is 11.5 Å². The van der Waals surface area contributed by atoms with Gasteiger partial charge in [0, 0.05) is 18.8 Å². The van der Waals surface area contributed by atoms with Gasteiger partial charge in [-0.15, -0.1) is 0 Å². The predicted molar refractivity (Wildman–Crippen MR) is 131 cm³/mol. The lowest BCUT2D eigenvalue weighted by Crippen LogP contribution is -2.31. The molecule has 0 spiro atoms. The molecule has 2 aromatic heterocycles. The van der Waals surface area contributed by atoms with Crippen molar-refractivity contribution in [3.8, 4) is 11.5 Å². The number of nitrogens with zero attached hydrogens (tertiary/aromatic N) is 3. The third kappa shape index (κ3) is 5.18. The van der Waals surface area contributed by atoms with Gasteiger partial charge in [0.15, 0.2) is 15.0 Å². The molecule has 0 radical (unpaired) electrons. The summed E-state index contributed by atoms with van der Waals surface area (Å²) in [6, 6.07) is 15.3. The molecule has 0 fully saturated rings. The normalized spacial score (nSPS) is 11.4. The van der Waals surface area contributed by atoms with Crippen LogP contribution in [0, 0.1) is 0 Å². The number of carbonyl (C=O) groups is 1. The van der Waals surface area contributed by atoms with Gasteiger partial charge in [-0.05, 0) is 54.1 Å². The maximum Gasteiger partial charge on any atom is 0.230 e. The molecule has 0 aliphatic carbocycles. The molecule has 0 bridgehead atoms. The largest absolute Gasteiger partial charge is 0.497 e. The smallest absolute Gasteiger partial charge is 0.230 e. The highest BCUT2D eigenvalue weighted by atomic mass is 32.2. The number of fused-ring (bicyclic) bond motifs is 1. The Bertz CT molecular complexity index is 1390. The van der Waals surface area contributed by atoms with Crippen molar-refractivity contribution < 1.29 is 22.7 Å². The van der Waals surface area contributed by atoms with Crippen molar-refractivity contribution in [1.82, 2.24) is 9.97 Å². The summed E-state index contributed by atoms with van der Waals surface area (Å²) in [5.41, 5.74) is 1.51. The molecule has 0 unspecified atom stereocenters. The number of ether oxygens (including phenoxy) is 2. The summed E-state index contributed by atoms with van der Waals surface area (Å²) in [5, 5.41) is 0.475. The van der Waals surface area contributed by atoms with Crippen molar-refractivity contribution in [2.75, 3.05) is 24.9 Å². The number of anilines is 1. The molecule has 10 heteroatoms. The lowest BCUT2D eigenvalue weighted by molar-refractivity contribution is -0.118. The second-order valence-corrected chi connectivity index (χ2v) is 10.5. The molecule has 0 aliphatic heterocycles. The number of pyridine rings is 1. The van der Waals surface area contributed by atoms with Crippen molar-refractivity contribution in [2.24, 2.45) is 0 Å². The van der Waals surface area contributed by atoms with E-state index in [0.29, 0.717) is 22.1 Å². The molecule has 0 saturated carbocycles. The number of para-hydroxylation sites is 1. The minimum absolute atomic E-state index is 0.145. The van der Waals surface area contributed by atoms with Crippen molar-refractivity contribution in [3.05, 3.63) is 72.6 Å². The number of hydrogen-bond acceptors (Lipinski definition) is 8. The zero-order chi connectivity index (χ0) is 24.1. The van der Waals surface area contributed by atoms with Crippen LogP contribution in [0.1, 0.15) is 12.0 Å². The maximum atomic E-state index is 13.3. The van der Waals surface area contributed by atoms with E-state index >= 15 is 0 Å². The Labute approximate surface area is 201 Å². The molecule has 4 aromatic rings. The molecule has 0 saturated heterocycles. The number of amides is 1. The van der Waals surface area contributed by atoms with Crippen LogP contribution in [0.3, 0.4) is 0 Å². The van der Waals surface area contributed by atoms with Gasteiger partial charge in [0.05, 0.1) is 36.1 Å². The van der Waals surface area contributed by atoms with Gasteiger partial charge < -0.3 is 9.47 Å². The molecule has 2 heterocycles. The summed E-state index contributed by atoms with van der Waals surface area (Å²) >= 11 is 1.35. The summed E-state index contributed by atoms with van der Waals surface area (Å²) in [6.07, 6.45) is 3.10. The number of benzene rings is 2. The van der Waals surface area contributed by atoms with Gasteiger partial charge in [-0.2, -0.15) is 0 Å². The third-order valence-electron chi connectivity index (χ3n) is 5.22. The Kier molecular flexibility index (Phi) is 7.09. The first kappa shape index (κ1) is 23.7. The van der Waals surface area contributed by atoms with Crippen molar-refractivity contribution in [1.29, 1.82) is 0 Å². The van der Waals surface area contributed by atoms with Gasteiger partial charge in [0.2, 0.25) is 5.91 Å². The lowest BCUT2D eigenvalue weighted by Gasteiger charge is -2.20. The first-order valence-corrected chi connectivity index (χ1v) is 12.9. The van der Waals surface area contributed by atoms with Crippen molar-refractivity contribution in [2.45, 2.75) is 17.9 Å². The zero-order valence-corrected chi connectivity index (χ0v) is 20.3. The van der Waals surface area contributed by atoms with Gasteiger partial charge >= 0.3 is 0 Å². The quantitative estimate of drug-likeness (QED) is 0.343. The van der Waals surface area contributed by atoms with E-state index in [4.69, 9.17) is 9.47 Å². The van der Waals surface area contributed by atoms with Crippen LogP contribution in [-0.2, 0) is 21.2 Å². The average Bonchev–Trinajstić information content (AvgIpc) is 3.30. The number of aromatic nitrogens is 2. The monoisotopic (exact) mass is 497 g/mol. The average molecular weight is 498 g/mol. The Morgan fingerprint density at radius 3 is 2.41 bits per heavy atom. The van der Waals surface area contributed by atoms with E-state index in [9.17, 15) is 13.2 Å². The van der Waals surface area contributed by atoms with E-state index in [1.807, 2.05) is 30.3 Å². The topological polar surface area (TPSA) is 98.7 Å². The van der Waals surface area contributed by atoms with Gasteiger partial charge in [0.1, 0.15) is 17.0 Å². The number of rotatable bonds is 9. The Morgan fingerprint density at radius 2 is 1.74 bits per heavy atom. The van der Waals surface area contributed by atoms with Crippen molar-refractivity contribution >= 4 is 42.4 Å². The van der Waals surface area contributed by atoms with E-state index in [2.05, 4.69) is 9.97 Å². The Hall–Kier alpha value is -3.50. The molecule has 4 rings (SSSR count). The van der Waals surface area contributed by atoms with E-state index in [1.54, 1.807) is 31.6 Å². The van der Waals surface area contributed by atoms with E-state index in [1.165, 1.54) is 35.5 Å². The predicted octanol–water partition coefficient (Wildman–Crippen LogP) is 4.11. The van der Waals surface area contributed by atoms with E-state index in [-0.39, 0.29) is 29.5 Å². The number of hydrogen-bond donors (Lipinski definition) is 0. The molecule has 0 atom stereocenters. The highest BCUT2D eigenvalue weighted by Crippen LogP contribution is 2.35. The van der Waals surface area contributed by atoms with Gasteiger partial charge in [-0.1, -0.05) is 17.4 Å². The second kappa shape index (κ2) is 10.2. The van der Waals surface area contributed by atoms with Gasteiger partial charge in [-0.25, -0.2) is 13.4 Å². The molecule has 2 aromatic carbocycles. The third-order valence-corrected chi connectivity index (χ3v) is 7.99. The number of methoxy groups -OCH3 is 2. The highest BCUT2D eigenvalue weighted by Gasteiger charge is 2.24. The van der Waals surface area contributed by atoms with E-state index in [0.717, 1.165) is 10.3 Å². The fourth-order valence-corrected chi connectivity index (χ4v) is 5.61. The maximum absolute atomic E-state index is 13.3. The standard InChI is InChI=1S/C24H23N3O5S2/c1-31-18-6-8-19(9-7-18)34(29,30)15-12-22(28)27(16-17-10-13-25-14-11-17)24-26-23-20(32-2)4-3-5-21(23)33-24/h3-11,13-14H,12,15-16H2,1-2H3. The number of thiazole rings is 1. The molecule has 34 heavy (non-hydrogen) atoms. The minimum Gasteiger partial charge on any atom is -0.497 e. The van der Waals surface area contributed by atoms with Gasteiger partial charge in [-0.3, -0.25) is 14.7 Å². The summed E-state index contributed by atoms with van der Waals surface area (Å²) < 4.78 is 37.0. The Balaban J connectivity index is 1.60. The van der Waals surface area contributed by atoms with Crippen LogP contribution in [0.25, 0.3) is 10.2 Å². The Morgan fingerprint density at radius 1 is 1.00 bits per heavy atom. The lowest BCUT2D eigenvalue weighted by atomic mass is 10.2. The summed E-state index contributed by atoms with van der Waals surface area (Å²) in [7, 11) is -0.576. The number of carbonyl (C=O) groups excluding carboxylic acids is 1. The van der Waals surface area contributed by atoms with Crippen LogP contribution >= 0.6 is 11.3 Å². The van der Waals surface area contributed by atoms with E-state index < -0.39 is 9.84 Å². The van der Waals surface area contributed by atoms with Crippen LogP contribution in [0.15, 0.2) is 71.9 Å². The summed E-state index contributed by atoms with van der Waals surface area (Å²) in [6.45, 7) is 0.242. The molecule has 0 aliphatic rings. The van der Waals surface area contributed by atoms with Crippen LogP contribution in [0.4, 0.5) is 5.13 Å². The number of sulfone groups is 1. The fourth-order valence-electron chi connectivity index (χ4n) is 3.38. The summed E-state index contributed by atoms with van der Waals surface area (Å²) in [5.74, 6) is 0.509. The van der Waals surface area contributed by atoms with Gasteiger partial charge in [0.25, 0.3) is 0 Å². The summed E-state index contributed by atoms with van der Waals surface area (Å²) in [4.78, 5) is 23.6. The zero-order valence-electron chi connectivity index (χ0n) is 18.7. The van der Waals surface area contributed by atoms with Crippen molar-refractivity contribution in [3.63, 3.8) is 0 Å². The fraction of sp³-hybridized carbons (Fsp3) is 0.208. The molecular weight excluding hydrogens is 474 g/mol. The second-order valence-electron chi connectivity index (χ2n) is 7.38. The highest BCUT2D eigenvalue weighted by molar-refractivity contribution is 7.91. The minimum atomic E-state index is -3.65. The first-order valence-electron chi connectivity index (χ1n) is 10.4. The molecule has 1 amide bonds. The van der Waals surface area contributed by atoms with Crippen LogP contribution < -0.4 is 14.4 Å². The first-order chi connectivity index (χ1) is 16.4.